The van der Waals surface area contributed by atoms with E-state index >= 15 is 0 Å². The summed E-state index contributed by atoms with van der Waals surface area (Å²) in [5, 5.41) is 7.53. The van der Waals surface area contributed by atoms with Gasteiger partial charge in [0.1, 0.15) is 0 Å². The summed E-state index contributed by atoms with van der Waals surface area (Å²) in [5.41, 5.74) is 1.03. The molecule has 0 saturated carbocycles. The van der Waals surface area contributed by atoms with E-state index in [0.29, 0.717) is 12.3 Å². The standard InChI is InChI=1S/C18H19N3O5S2/c1-3-12(2)21-28(23,24)15-6-4-13(5-7-15)18(22)25-10-16-19-17(26-20-16)14-8-9-27-11-14/h4-9,11-12,21H,3,10H2,1-2H3. The minimum absolute atomic E-state index is 0.0860. The lowest BCUT2D eigenvalue weighted by Crippen LogP contribution is -2.32. The summed E-state index contributed by atoms with van der Waals surface area (Å²) in [7, 11) is -3.62. The van der Waals surface area contributed by atoms with Gasteiger partial charge in [0.25, 0.3) is 5.89 Å². The maximum Gasteiger partial charge on any atom is 0.338 e. The molecule has 0 radical (unpaired) electrons. The van der Waals surface area contributed by atoms with Gasteiger partial charge in [0.05, 0.1) is 16.0 Å². The number of sulfonamides is 1. The zero-order valence-corrected chi connectivity index (χ0v) is 16.9. The molecule has 0 saturated heterocycles. The highest BCUT2D eigenvalue weighted by atomic mass is 32.2. The van der Waals surface area contributed by atoms with Crippen molar-refractivity contribution in [2.45, 2.75) is 37.8 Å². The largest absolute Gasteiger partial charge is 0.454 e. The first-order chi connectivity index (χ1) is 13.4. The average Bonchev–Trinajstić information content (AvgIpc) is 3.37. The third-order valence-corrected chi connectivity index (χ3v) is 6.23. The van der Waals surface area contributed by atoms with Gasteiger partial charge in [0, 0.05) is 11.4 Å². The highest BCUT2D eigenvalue weighted by Gasteiger charge is 2.18. The van der Waals surface area contributed by atoms with Gasteiger partial charge in [-0.25, -0.2) is 17.9 Å². The summed E-state index contributed by atoms with van der Waals surface area (Å²) in [4.78, 5) is 16.4. The summed E-state index contributed by atoms with van der Waals surface area (Å²) in [5.74, 6) is -0.0112. The van der Waals surface area contributed by atoms with Crippen LogP contribution in [0.3, 0.4) is 0 Å². The third kappa shape index (κ3) is 4.83. The van der Waals surface area contributed by atoms with Crippen molar-refractivity contribution in [1.82, 2.24) is 14.9 Å². The first-order valence-electron chi connectivity index (χ1n) is 8.53. The van der Waals surface area contributed by atoms with Gasteiger partial charge in [0.2, 0.25) is 15.8 Å². The SMILES string of the molecule is CCC(C)NS(=O)(=O)c1ccc(C(=O)OCc2noc(-c3ccsc3)n2)cc1. The van der Waals surface area contributed by atoms with Crippen LogP contribution in [0.25, 0.3) is 11.5 Å². The lowest BCUT2D eigenvalue weighted by molar-refractivity contribution is 0.0459. The molecule has 8 nitrogen and oxygen atoms in total. The van der Waals surface area contributed by atoms with Crippen LogP contribution in [0.1, 0.15) is 36.5 Å². The summed E-state index contributed by atoms with van der Waals surface area (Å²) in [6.45, 7) is 3.52. The Labute approximate surface area is 166 Å². The van der Waals surface area contributed by atoms with Crippen molar-refractivity contribution in [3.05, 3.63) is 52.5 Å². The van der Waals surface area contributed by atoms with Crippen LogP contribution >= 0.6 is 11.3 Å². The Hall–Kier alpha value is -2.56. The van der Waals surface area contributed by atoms with E-state index in [4.69, 9.17) is 9.26 Å². The van der Waals surface area contributed by atoms with Gasteiger partial charge >= 0.3 is 5.97 Å². The van der Waals surface area contributed by atoms with E-state index in [1.807, 2.05) is 23.8 Å². The van der Waals surface area contributed by atoms with Crippen molar-refractivity contribution in [3.63, 3.8) is 0 Å². The number of esters is 1. The number of carbonyl (C=O) groups is 1. The molecule has 0 bridgehead atoms. The molecule has 1 unspecified atom stereocenters. The fourth-order valence-electron chi connectivity index (χ4n) is 2.22. The number of nitrogens with zero attached hydrogens (tertiary/aromatic N) is 2. The van der Waals surface area contributed by atoms with Crippen LogP contribution < -0.4 is 4.72 Å². The maximum absolute atomic E-state index is 12.2. The molecule has 1 atom stereocenters. The predicted molar refractivity (Wildman–Crippen MR) is 103 cm³/mol. The van der Waals surface area contributed by atoms with Crippen LogP contribution in [-0.2, 0) is 21.4 Å². The van der Waals surface area contributed by atoms with Crippen LogP contribution in [0.15, 0.2) is 50.5 Å². The molecule has 0 aliphatic carbocycles. The van der Waals surface area contributed by atoms with Gasteiger partial charge < -0.3 is 9.26 Å². The van der Waals surface area contributed by atoms with Crippen molar-refractivity contribution in [3.8, 4) is 11.5 Å². The number of hydrogen-bond acceptors (Lipinski definition) is 8. The molecule has 28 heavy (non-hydrogen) atoms. The van der Waals surface area contributed by atoms with Gasteiger partial charge in [-0.15, -0.1) is 0 Å². The number of benzene rings is 1. The van der Waals surface area contributed by atoms with Crippen molar-refractivity contribution in [1.29, 1.82) is 0 Å². The summed E-state index contributed by atoms with van der Waals surface area (Å²) >= 11 is 1.51. The monoisotopic (exact) mass is 421 g/mol. The highest BCUT2D eigenvalue weighted by Crippen LogP contribution is 2.20. The molecule has 1 aromatic carbocycles. The fourth-order valence-corrected chi connectivity index (χ4v) is 4.17. The molecule has 0 aliphatic rings. The minimum Gasteiger partial charge on any atom is -0.454 e. The second-order valence-electron chi connectivity index (χ2n) is 6.06. The number of hydrogen-bond donors (Lipinski definition) is 1. The smallest absolute Gasteiger partial charge is 0.338 e. The Balaban J connectivity index is 1.61. The number of aromatic nitrogens is 2. The minimum atomic E-state index is -3.62. The Morgan fingerprint density at radius 3 is 2.68 bits per heavy atom. The van der Waals surface area contributed by atoms with E-state index in [1.165, 1.54) is 35.6 Å². The van der Waals surface area contributed by atoms with E-state index in [1.54, 1.807) is 6.92 Å². The average molecular weight is 422 g/mol. The van der Waals surface area contributed by atoms with E-state index in [9.17, 15) is 13.2 Å². The van der Waals surface area contributed by atoms with Crippen LogP contribution in [0.4, 0.5) is 0 Å². The first kappa shape index (κ1) is 20.2. The third-order valence-electron chi connectivity index (χ3n) is 3.94. The number of rotatable bonds is 8. The van der Waals surface area contributed by atoms with Crippen molar-refractivity contribution in [2.24, 2.45) is 0 Å². The lowest BCUT2D eigenvalue weighted by atomic mass is 10.2. The zero-order valence-electron chi connectivity index (χ0n) is 15.3. The zero-order chi connectivity index (χ0) is 20.1. The van der Waals surface area contributed by atoms with Gasteiger partial charge in [-0.2, -0.15) is 16.3 Å². The topological polar surface area (TPSA) is 111 Å². The number of ether oxygens (including phenoxy) is 1. The molecular formula is C18H19N3O5S2. The van der Waals surface area contributed by atoms with Crippen molar-refractivity contribution < 1.29 is 22.5 Å². The Morgan fingerprint density at radius 2 is 2.04 bits per heavy atom. The van der Waals surface area contributed by atoms with Gasteiger partial charge in [-0.1, -0.05) is 12.1 Å². The van der Waals surface area contributed by atoms with Gasteiger partial charge in [-0.3, -0.25) is 0 Å². The Bertz CT molecular complexity index is 1030. The summed E-state index contributed by atoms with van der Waals surface area (Å²) in [6.07, 6.45) is 0.674. The highest BCUT2D eigenvalue weighted by molar-refractivity contribution is 7.89. The van der Waals surface area contributed by atoms with Crippen LogP contribution in [0.5, 0.6) is 0 Å². The van der Waals surface area contributed by atoms with Crippen LogP contribution in [0.2, 0.25) is 0 Å². The quantitative estimate of drug-likeness (QED) is 0.556. The van der Waals surface area contributed by atoms with E-state index in [-0.39, 0.29) is 28.9 Å². The first-order valence-corrected chi connectivity index (χ1v) is 11.0. The molecule has 3 rings (SSSR count). The van der Waals surface area contributed by atoms with Gasteiger partial charge in [-0.05, 0) is 49.1 Å². The Kier molecular flexibility index (Phi) is 6.22. The molecule has 3 aromatic rings. The van der Waals surface area contributed by atoms with E-state index in [2.05, 4.69) is 14.9 Å². The number of nitrogens with one attached hydrogen (secondary N) is 1. The molecule has 1 N–H and O–H groups in total. The van der Waals surface area contributed by atoms with E-state index in [0.717, 1.165) is 5.56 Å². The molecule has 0 spiro atoms. The van der Waals surface area contributed by atoms with E-state index < -0.39 is 16.0 Å². The van der Waals surface area contributed by atoms with Gasteiger partial charge in [0.15, 0.2) is 6.61 Å². The van der Waals surface area contributed by atoms with Crippen molar-refractivity contribution >= 4 is 27.3 Å². The molecule has 2 aromatic heterocycles. The molecule has 10 heteroatoms. The second kappa shape index (κ2) is 8.63. The lowest BCUT2D eigenvalue weighted by Gasteiger charge is -2.12. The fraction of sp³-hybridized carbons (Fsp3) is 0.278. The molecule has 0 aliphatic heterocycles. The summed E-state index contributed by atoms with van der Waals surface area (Å²) < 4.78 is 37.3. The van der Waals surface area contributed by atoms with Crippen molar-refractivity contribution in [2.75, 3.05) is 0 Å². The van der Waals surface area contributed by atoms with Crippen LogP contribution in [-0.4, -0.2) is 30.6 Å². The van der Waals surface area contributed by atoms with Crippen LogP contribution in [0, 0.1) is 0 Å². The molecule has 2 heterocycles. The second-order valence-corrected chi connectivity index (χ2v) is 8.55. The number of thiophene rings is 1. The number of carbonyl (C=O) groups excluding carboxylic acids is 1. The molecule has 148 valence electrons. The molecular weight excluding hydrogens is 402 g/mol. The Morgan fingerprint density at radius 1 is 1.29 bits per heavy atom. The summed E-state index contributed by atoms with van der Waals surface area (Å²) in [6, 6.07) is 7.21. The normalized spacial score (nSPS) is 12.6. The molecule has 0 amide bonds. The predicted octanol–water partition coefficient (Wildman–Crippen LogP) is 3.23. The molecule has 0 fully saturated rings. The maximum atomic E-state index is 12.2.